The lowest BCUT2D eigenvalue weighted by molar-refractivity contribution is -0.140. The Balaban J connectivity index is 3.01. The molecule has 120 valence electrons. The summed E-state index contributed by atoms with van der Waals surface area (Å²) in [6.07, 6.45) is -4.44. The van der Waals surface area contributed by atoms with Crippen LogP contribution in [0.15, 0.2) is 0 Å². The van der Waals surface area contributed by atoms with Crippen molar-refractivity contribution in [1.82, 2.24) is 9.88 Å². The SMILES string of the molecule is CCN(CC(F)(F)F)C(=O)c1sc(N(CC)CC)nc1N. The molecule has 0 saturated carbocycles. The molecule has 9 heteroatoms. The smallest absolute Gasteiger partial charge is 0.382 e. The Morgan fingerprint density at radius 3 is 2.24 bits per heavy atom. The minimum absolute atomic E-state index is 0.0208. The molecule has 2 N–H and O–H groups in total. The number of carbonyl (C=O) groups excluding carboxylic acids is 1. The first-order valence-corrected chi connectivity index (χ1v) is 7.42. The first kappa shape index (κ1) is 17.5. The molecule has 21 heavy (non-hydrogen) atoms. The van der Waals surface area contributed by atoms with E-state index in [4.69, 9.17) is 5.73 Å². The first-order chi connectivity index (χ1) is 9.73. The number of hydrogen-bond donors (Lipinski definition) is 1. The molecule has 0 aromatic carbocycles. The van der Waals surface area contributed by atoms with Gasteiger partial charge in [-0.25, -0.2) is 4.98 Å². The van der Waals surface area contributed by atoms with Gasteiger partial charge in [-0.15, -0.1) is 0 Å². The van der Waals surface area contributed by atoms with Crippen LogP contribution in [-0.2, 0) is 0 Å². The van der Waals surface area contributed by atoms with Gasteiger partial charge in [-0.05, 0) is 20.8 Å². The van der Waals surface area contributed by atoms with Crippen molar-refractivity contribution in [2.24, 2.45) is 0 Å². The second-order valence-electron chi connectivity index (χ2n) is 4.32. The fourth-order valence-corrected chi connectivity index (χ4v) is 2.87. The number of anilines is 2. The number of aromatic nitrogens is 1. The summed E-state index contributed by atoms with van der Waals surface area (Å²) in [6.45, 7) is 5.35. The number of carbonyl (C=O) groups is 1. The van der Waals surface area contributed by atoms with Crippen molar-refractivity contribution in [3.05, 3.63) is 4.88 Å². The van der Waals surface area contributed by atoms with Crippen LogP contribution in [0.5, 0.6) is 0 Å². The molecule has 0 atom stereocenters. The van der Waals surface area contributed by atoms with E-state index in [1.807, 2.05) is 18.7 Å². The number of alkyl halides is 3. The Labute approximate surface area is 125 Å². The highest BCUT2D eigenvalue weighted by Crippen LogP contribution is 2.30. The lowest BCUT2D eigenvalue weighted by Gasteiger charge is -2.21. The van der Waals surface area contributed by atoms with Crippen LogP contribution in [-0.4, -0.2) is 48.1 Å². The molecule has 0 bridgehead atoms. The van der Waals surface area contributed by atoms with Crippen molar-refractivity contribution >= 4 is 28.2 Å². The Kier molecular flexibility index (Phi) is 5.82. The molecule has 1 amide bonds. The van der Waals surface area contributed by atoms with E-state index in [-0.39, 0.29) is 17.2 Å². The Morgan fingerprint density at radius 2 is 1.81 bits per heavy atom. The Hall–Kier alpha value is -1.51. The molecule has 1 aromatic heterocycles. The molecule has 0 radical (unpaired) electrons. The second kappa shape index (κ2) is 6.97. The minimum atomic E-state index is -4.44. The van der Waals surface area contributed by atoms with E-state index in [1.165, 1.54) is 6.92 Å². The van der Waals surface area contributed by atoms with Gasteiger partial charge in [0.25, 0.3) is 5.91 Å². The van der Waals surface area contributed by atoms with Gasteiger partial charge >= 0.3 is 6.18 Å². The second-order valence-corrected chi connectivity index (χ2v) is 5.30. The van der Waals surface area contributed by atoms with E-state index in [9.17, 15) is 18.0 Å². The number of amides is 1. The highest BCUT2D eigenvalue weighted by molar-refractivity contribution is 7.18. The maximum atomic E-state index is 12.5. The largest absolute Gasteiger partial charge is 0.406 e. The van der Waals surface area contributed by atoms with Crippen LogP contribution in [0.4, 0.5) is 24.1 Å². The summed E-state index contributed by atoms with van der Waals surface area (Å²) in [6, 6.07) is 0. The molecule has 0 aliphatic heterocycles. The van der Waals surface area contributed by atoms with Gasteiger partial charge in [-0.3, -0.25) is 4.79 Å². The fourth-order valence-electron chi connectivity index (χ4n) is 1.79. The number of thiazole rings is 1. The van der Waals surface area contributed by atoms with Crippen molar-refractivity contribution in [2.45, 2.75) is 26.9 Å². The topological polar surface area (TPSA) is 62.5 Å². The van der Waals surface area contributed by atoms with Crippen LogP contribution in [0, 0.1) is 0 Å². The quantitative estimate of drug-likeness (QED) is 0.874. The molecule has 1 heterocycles. The minimum Gasteiger partial charge on any atom is -0.382 e. The Morgan fingerprint density at radius 1 is 1.24 bits per heavy atom. The number of nitrogen functional groups attached to an aromatic ring is 1. The van der Waals surface area contributed by atoms with Gasteiger partial charge < -0.3 is 15.5 Å². The van der Waals surface area contributed by atoms with E-state index in [1.54, 1.807) is 0 Å². The average Bonchev–Trinajstić information content (AvgIpc) is 2.77. The first-order valence-electron chi connectivity index (χ1n) is 6.60. The molecule has 0 saturated heterocycles. The van der Waals surface area contributed by atoms with Crippen molar-refractivity contribution in [2.75, 3.05) is 36.8 Å². The molecule has 0 fully saturated rings. The van der Waals surface area contributed by atoms with Crippen molar-refractivity contribution in [1.29, 1.82) is 0 Å². The normalized spacial score (nSPS) is 11.5. The van der Waals surface area contributed by atoms with Crippen LogP contribution in [0.3, 0.4) is 0 Å². The van der Waals surface area contributed by atoms with Gasteiger partial charge in [-0.2, -0.15) is 13.2 Å². The highest BCUT2D eigenvalue weighted by atomic mass is 32.1. The number of nitrogens with zero attached hydrogens (tertiary/aromatic N) is 3. The van der Waals surface area contributed by atoms with Gasteiger partial charge in [0.2, 0.25) is 0 Å². The van der Waals surface area contributed by atoms with E-state index < -0.39 is 18.6 Å². The Bertz CT molecular complexity index is 485. The maximum Gasteiger partial charge on any atom is 0.406 e. The van der Waals surface area contributed by atoms with Crippen molar-refractivity contribution in [3.8, 4) is 0 Å². The lowest BCUT2D eigenvalue weighted by atomic mass is 10.4. The van der Waals surface area contributed by atoms with Crippen molar-refractivity contribution < 1.29 is 18.0 Å². The average molecular weight is 324 g/mol. The van der Waals surface area contributed by atoms with Crippen molar-refractivity contribution in [3.63, 3.8) is 0 Å². The van der Waals surface area contributed by atoms with Crippen LogP contribution in [0.25, 0.3) is 0 Å². The molecule has 0 unspecified atom stereocenters. The number of rotatable bonds is 6. The summed E-state index contributed by atoms with van der Waals surface area (Å²) in [4.78, 5) is 18.9. The zero-order chi connectivity index (χ0) is 16.2. The molecular formula is C12H19F3N4OS. The van der Waals surface area contributed by atoms with Gasteiger partial charge in [0.15, 0.2) is 5.13 Å². The summed E-state index contributed by atoms with van der Waals surface area (Å²) in [5.41, 5.74) is 5.69. The predicted molar refractivity (Wildman–Crippen MR) is 77.7 cm³/mol. The number of halogens is 3. The van der Waals surface area contributed by atoms with Crippen LogP contribution < -0.4 is 10.6 Å². The van der Waals surface area contributed by atoms with E-state index >= 15 is 0 Å². The van der Waals surface area contributed by atoms with Gasteiger partial charge in [0.05, 0.1) is 0 Å². The molecule has 0 aliphatic carbocycles. The van der Waals surface area contributed by atoms with E-state index in [0.717, 1.165) is 16.2 Å². The van der Waals surface area contributed by atoms with Crippen LogP contribution >= 0.6 is 11.3 Å². The van der Waals surface area contributed by atoms with Crippen LogP contribution in [0.1, 0.15) is 30.4 Å². The summed E-state index contributed by atoms with van der Waals surface area (Å²) in [7, 11) is 0. The standard InChI is InChI=1S/C12H19F3N4OS/c1-4-18(5-2)11-17-9(16)8(21-11)10(20)19(6-3)7-12(13,14)15/h4-7,16H2,1-3H3. The zero-order valence-electron chi connectivity index (χ0n) is 12.2. The molecular weight excluding hydrogens is 305 g/mol. The molecule has 1 rings (SSSR count). The van der Waals surface area contributed by atoms with E-state index in [0.29, 0.717) is 18.2 Å². The third kappa shape index (κ3) is 4.48. The summed E-state index contributed by atoms with van der Waals surface area (Å²) in [5, 5.41) is 0.545. The maximum absolute atomic E-state index is 12.5. The summed E-state index contributed by atoms with van der Waals surface area (Å²) >= 11 is 1.03. The van der Waals surface area contributed by atoms with Gasteiger partial charge in [0, 0.05) is 19.6 Å². The summed E-state index contributed by atoms with van der Waals surface area (Å²) in [5.74, 6) is -0.754. The monoisotopic (exact) mass is 324 g/mol. The molecule has 1 aromatic rings. The van der Waals surface area contributed by atoms with Gasteiger partial charge in [-0.1, -0.05) is 11.3 Å². The number of nitrogens with two attached hydrogens (primary N) is 1. The highest BCUT2D eigenvalue weighted by Gasteiger charge is 2.34. The van der Waals surface area contributed by atoms with Crippen LogP contribution in [0.2, 0.25) is 0 Å². The third-order valence-corrected chi connectivity index (χ3v) is 4.03. The van der Waals surface area contributed by atoms with Gasteiger partial charge in [0.1, 0.15) is 17.2 Å². The fraction of sp³-hybridized carbons (Fsp3) is 0.667. The predicted octanol–water partition coefficient (Wildman–Crippen LogP) is 2.60. The third-order valence-electron chi connectivity index (χ3n) is 2.91. The number of hydrogen-bond acceptors (Lipinski definition) is 5. The zero-order valence-corrected chi connectivity index (χ0v) is 13.0. The van der Waals surface area contributed by atoms with E-state index in [2.05, 4.69) is 4.98 Å². The molecule has 0 spiro atoms. The molecule has 0 aliphatic rings. The lowest BCUT2D eigenvalue weighted by Crippen LogP contribution is -2.38. The molecule has 5 nitrogen and oxygen atoms in total. The summed E-state index contributed by atoms with van der Waals surface area (Å²) < 4.78 is 37.4.